The van der Waals surface area contributed by atoms with Gasteiger partial charge in [-0.1, -0.05) is 24.6 Å². The summed E-state index contributed by atoms with van der Waals surface area (Å²) in [6.07, 6.45) is -4.71. The number of carbonyl (C=O) groups is 2. The molecule has 12 heteroatoms. The number of nitrogens with one attached hydrogen (secondary N) is 1. The van der Waals surface area contributed by atoms with Crippen molar-refractivity contribution in [2.24, 2.45) is 5.92 Å². The zero-order valence-corrected chi connectivity index (χ0v) is 21.0. The smallest absolute Gasteiger partial charge is 0.416 e. The molecule has 1 heterocycles. The van der Waals surface area contributed by atoms with Crippen molar-refractivity contribution in [2.45, 2.75) is 43.8 Å². The highest BCUT2D eigenvalue weighted by Crippen LogP contribution is 2.35. The predicted molar refractivity (Wildman–Crippen MR) is 128 cm³/mol. The molecular formula is C24H26ClF3N2O5S. The van der Waals surface area contributed by atoms with Crippen LogP contribution in [0.5, 0.6) is 0 Å². The average Bonchev–Trinajstić information content (AvgIpc) is 2.82. The number of amides is 2. The van der Waals surface area contributed by atoms with Crippen LogP contribution in [0, 0.1) is 5.92 Å². The molecule has 0 atom stereocenters. The van der Waals surface area contributed by atoms with E-state index >= 15 is 0 Å². The maximum Gasteiger partial charge on any atom is 0.416 e. The molecule has 2 amide bonds. The van der Waals surface area contributed by atoms with E-state index in [1.165, 1.54) is 42.2 Å². The maximum atomic E-state index is 13.8. The minimum atomic E-state index is -4.69. The third-order valence-corrected chi connectivity index (χ3v) is 8.31. The minimum absolute atomic E-state index is 0.00465. The van der Waals surface area contributed by atoms with E-state index < -0.39 is 33.6 Å². The number of hydrogen-bond donors (Lipinski definition) is 2. The van der Waals surface area contributed by atoms with Crippen LogP contribution in [0.4, 0.5) is 18.0 Å². The molecule has 0 saturated carbocycles. The monoisotopic (exact) mass is 546 g/mol. The molecule has 1 aliphatic heterocycles. The van der Waals surface area contributed by atoms with Gasteiger partial charge in [-0.05, 0) is 66.6 Å². The minimum Gasteiger partial charge on any atom is -0.465 e. The average molecular weight is 547 g/mol. The molecule has 2 aromatic carbocycles. The summed E-state index contributed by atoms with van der Waals surface area (Å²) >= 11 is 5.97. The zero-order valence-electron chi connectivity index (χ0n) is 19.4. The van der Waals surface area contributed by atoms with E-state index in [2.05, 4.69) is 5.32 Å². The topological polar surface area (TPSA) is 104 Å². The Morgan fingerprint density at radius 2 is 1.78 bits per heavy atom. The van der Waals surface area contributed by atoms with Crippen LogP contribution in [-0.4, -0.2) is 49.3 Å². The highest BCUT2D eigenvalue weighted by atomic mass is 35.5. The molecule has 1 saturated heterocycles. The second kappa shape index (κ2) is 11.1. The molecular weight excluding hydrogens is 521 g/mol. The molecule has 0 unspecified atom stereocenters. The van der Waals surface area contributed by atoms with E-state index in [4.69, 9.17) is 16.7 Å². The first-order chi connectivity index (χ1) is 16.8. The van der Waals surface area contributed by atoms with Gasteiger partial charge in [0.25, 0.3) is 5.91 Å². The highest BCUT2D eigenvalue weighted by Gasteiger charge is 2.35. The van der Waals surface area contributed by atoms with Crippen molar-refractivity contribution < 1.29 is 36.3 Å². The van der Waals surface area contributed by atoms with Crippen molar-refractivity contribution in [3.63, 3.8) is 0 Å². The Balaban J connectivity index is 1.78. The number of halogens is 4. The van der Waals surface area contributed by atoms with E-state index in [0.717, 1.165) is 6.07 Å². The lowest BCUT2D eigenvalue weighted by atomic mass is 9.87. The third kappa shape index (κ3) is 6.70. The Labute approximate surface area is 212 Å². The van der Waals surface area contributed by atoms with Gasteiger partial charge in [0.05, 0.1) is 16.2 Å². The van der Waals surface area contributed by atoms with Crippen LogP contribution in [0.3, 0.4) is 0 Å². The quantitative estimate of drug-likeness (QED) is 0.508. The Kier molecular flexibility index (Phi) is 8.55. The first kappa shape index (κ1) is 27.8. The van der Waals surface area contributed by atoms with Crippen molar-refractivity contribution in [3.8, 4) is 0 Å². The molecule has 196 valence electrons. The summed E-state index contributed by atoms with van der Waals surface area (Å²) in [6.45, 7) is 1.77. The lowest BCUT2D eigenvalue weighted by Gasteiger charge is -2.30. The fraction of sp³-hybridized carbons (Fsp3) is 0.417. The summed E-state index contributed by atoms with van der Waals surface area (Å²) in [5.74, 6) is -1.06. The number of carbonyl (C=O) groups excluding carboxylic acids is 1. The van der Waals surface area contributed by atoms with Crippen molar-refractivity contribution in [1.29, 1.82) is 0 Å². The molecule has 1 aliphatic rings. The van der Waals surface area contributed by atoms with Gasteiger partial charge in [0.2, 0.25) is 0 Å². The molecule has 0 radical (unpaired) electrons. The molecule has 0 aliphatic carbocycles. The van der Waals surface area contributed by atoms with Crippen molar-refractivity contribution in [3.05, 3.63) is 63.7 Å². The zero-order chi connectivity index (χ0) is 26.7. The Bertz CT molecular complexity index is 1240. The molecule has 0 aromatic heterocycles. The molecule has 0 spiro atoms. The number of rotatable bonds is 7. The van der Waals surface area contributed by atoms with Crippen molar-refractivity contribution in [1.82, 2.24) is 10.2 Å². The number of sulfone groups is 1. The molecule has 2 N–H and O–H groups in total. The largest absolute Gasteiger partial charge is 0.465 e. The van der Waals surface area contributed by atoms with E-state index in [1.807, 2.05) is 0 Å². The summed E-state index contributed by atoms with van der Waals surface area (Å²) in [6, 6.07) is 7.50. The molecule has 1 fully saturated rings. The van der Waals surface area contributed by atoms with Gasteiger partial charge in [-0.2, -0.15) is 13.2 Å². The number of benzene rings is 2. The van der Waals surface area contributed by atoms with Gasteiger partial charge in [0, 0.05) is 30.2 Å². The number of alkyl halides is 3. The molecule has 2 aromatic rings. The van der Waals surface area contributed by atoms with Crippen LogP contribution in [-0.2, 0) is 29.0 Å². The van der Waals surface area contributed by atoms with E-state index in [0.29, 0.717) is 12.8 Å². The van der Waals surface area contributed by atoms with Gasteiger partial charge < -0.3 is 15.3 Å². The summed E-state index contributed by atoms with van der Waals surface area (Å²) in [5, 5.41) is 11.8. The normalized spacial score (nSPS) is 15.1. The van der Waals surface area contributed by atoms with E-state index in [-0.39, 0.29) is 64.3 Å². The van der Waals surface area contributed by atoms with E-state index in [1.54, 1.807) is 0 Å². The molecule has 36 heavy (non-hydrogen) atoms. The second-order valence-corrected chi connectivity index (χ2v) is 11.3. The highest BCUT2D eigenvalue weighted by molar-refractivity contribution is 7.91. The summed E-state index contributed by atoms with van der Waals surface area (Å²) in [5.41, 5.74) is -0.862. The maximum absolute atomic E-state index is 13.8. The first-order valence-corrected chi connectivity index (χ1v) is 13.3. The third-order valence-electron chi connectivity index (χ3n) is 6.25. The van der Waals surface area contributed by atoms with Crippen LogP contribution in [0.25, 0.3) is 0 Å². The van der Waals surface area contributed by atoms with Crippen LogP contribution in [0.2, 0.25) is 5.02 Å². The van der Waals surface area contributed by atoms with Gasteiger partial charge in [-0.25, -0.2) is 13.2 Å². The number of nitrogens with zero attached hydrogens (tertiary/aromatic N) is 1. The van der Waals surface area contributed by atoms with Crippen LogP contribution < -0.4 is 5.32 Å². The second-order valence-electron chi connectivity index (χ2n) is 8.62. The molecule has 7 nitrogen and oxygen atoms in total. The lowest BCUT2D eigenvalue weighted by Crippen LogP contribution is -2.38. The fourth-order valence-corrected chi connectivity index (χ4v) is 5.53. The predicted octanol–water partition coefficient (Wildman–Crippen LogP) is 5.01. The van der Waals surface area contributed by atoms with Crippen molar-refractivity contribution >= 4 is 33.4 Å². The number of likely N-dealkylation sites (tertiary alicyclic amines) is 1. The number of hydrogen-bond acceptors (Lipinski definition) is 4. The van der Waals surface area contributed by atoms with Gasteiger partial charge in [-0.15, -0.1) is 0 Å². The molecule has 0 bridgehead atoms. The van der Waals surface area contributed by atoms with Gasteiger partial charge in [0.15, 0.2) is 9.84 Å². The van der Waals surface area contributed by atoms with Gasteiger partial charge >= 0.3 is 12.3 Å². The standard InChI is InChI=1S/C24H26ClF3N2O5S/c1-2-36(34,35)21-6-5-19(25)12-18(21)14-29-22(31)17-4-3-16(20(13-17)24(26,27)28)11-15-7-9-30(10-8-15)23(32)33/h3-6,12-13,15H,2,7-11,14H2,1H3,(H,29,31)(H,32,33). The Morgan fingerprint density at radius 3 is 2.36 bits per heavy atom. The Hall–Kier alpha value is -2.79. The van der Waals surface area contributed by atoms with Crippen LogP contribution in [0.1, 0.15) is 46.8 Å². The summed E-state index contributed by atoms with van der Waals surface area (Å²) < 4.78 is 66.2. The number of piperidine rings is 1. The van der Waals surface area contributed by atoms with Gasteiger partial charge in [-0.3, -0.25) is 4.79 Å². The summed E-state index contributed by atoms with van der Waals surface area (Å²) in [7, 11) is -3.61. The van der Waals surface area contributed by atoms with Crippen LogP contribution in [0.15, 0.2) is 41.3 Å². The van der Waals surface area contributed by atoms with Crippen LogP contribution >= 0.6 is 11.6 Å². The summed E-state index contributed by atoms with van der Waals surface area (Å²) in [4.78, 5) is 25.0. The number of carboxylic acid groups (broad SMARTS) is 1. The Morgan fingerprint density at radius 1 is 1.11 bits per heavy atom. The van der Waals surface area contributed by atoms with E-state index in [9.17, 15) is 31.2 Å². The SMILES string of the molecule is CCS(=O)(=O)c1ccc(Cl)cc1CNC(=O)c1ccc(CC2CCN(C(=O)O)CC2)c(C(F)(F)F)c1. The van der Waals surface area contributed by atoms with Crippen molar-refractivity contribution in [2.75, 3.05) is 18.8 Å². The van der Waals surface area contributed by atoms with Gasteiger partial charge in [0.1, 0.15) is 0 Å². The molecule has 3 rings (SSSR count). The lowest BCUT2D eigenvalue weighted by molar-refractivity contribution is -0.138. The first-order valence-electron chi connectivity index (χ1n) is 11.3. The fourth-order valence-electron chi connectivity index (χ4n) is 4.22.